The van der Waals surface area contributed by atoms with Gasteiger partial charge in [-0.2, -0.15) is 5.10 Å². The first kappa shape index (κ1) is 18.1. The number of fused-ring (bicyclic) bond motifs is 1. The van der Waals surface area contributed by atoms with Crippen LogP contribution in [0.4, 0.5) is 11.4 Å². The van der Waals surface area contributed by atoms with E-state index in [4.69, 9.17) is 0 Å². The molecular weight excluding hydrogens is 360 g/mol. The third-order valence-electron chi connectivity index (χ3n) is 4.47. The monoisotopic (exact) mass is 378 g/mol. The summed E-state index contributed by atoms with van der Waals surface area (Å²) in [7, 11) is -3.34. The van der Waals surface area contributed by atoms with Gasteiger partial charge in [0.25, 0.3) is 0 Å². The van der Waals surface area contributed by atoms with Crippen molar-refractivity contribution >= 4 is 27.2 Å². The highest BCUT2D eigenvalue weighted by Crippen LogP contribution is 2.31. The van der Waals surface area contributed by atoms with Crippen molar-refractivity contribution in [2.75, 3.05) is 17.1 Å². The van der Waals surface area contributed by atoms with Crippen molar-refractivity contribution in [3.63, 3.8) is 0 Å². The number of sulfonamides is 1. The second kappa shape index (κ2) is 6.20. The van der Waals surface area contributed by atoms with Crippen LogP contribution in [0.2, 0.25) is 0 Å². The van der Waals surface area contributed by atoms with Gasteiger partial charge in [-0.05, 0) is 44.0 Å². The van der Waals surface area contributed by atoms with Crippen LogP contribution in [0.5, 0.6) is 0 Å². The zero-order valence-corrected chi connectivity index (χ0v) is 15.4. The second-order valence-electron chi connectivity index (χ2n) is 6.29. The molecule has 0 fully saturated rings. The molecule has 0 bridgehead atoms. The van der Waals surface area contributed by atoms with Gasteiger partial charge < -0.3 is 0 Å². The Hall–Kier alpha value is -2.75. The van der Waals surface area contributed by atoms with Crippen LogP contribution in [0.15, 0.2) is 18.2 Å². The molecule has 10 heteroatoms. The molecule has 0 saturated heterocycles. The quantitative estimate of drug-likeness (QED) is 0.443. The molecule has 1 aliphatic heterocycles. The van der Waals surface area contributed by atoms with Crippen LogP contribution in [0.3, 0.4) is 0 Å². The molecule has 2 aromatic rings. The van der Waals surface area contributed by atoms with Crippen molar-refractivity contribution in [3.8, 4) is 0 Å². The van der Waals surface area contributed by atoms with Crippen molar-refractivity contribution in [1.82, 2.24) is 9.78 Å². The Bertz CT molecular complexity index is 1030. The molecule has 9 nitrogen and oxygen atoms in total. The summed E-state index contributed by atoms with van der Waals surface area (Å²) >= 11 is 0. The predicted octanol–water partition coefficient (Wildman–Crippen LogP) is 1.61. The fraction of sp³-hybridized carbons (Fsp3) is 0.375. The van der Waals surface area contributed by atoms with Crippen molar-refractivity contribution < 1.29 is 18.1 Å². The standard InChI is InChI=1S/C16H18N4O5S/c1-10-16(20(22)23)11(2)18(17-10)9-15(21)13-4-5-14-12(8-13)6-7-19(14)26(3,24)25/h4-5,8H,6-7,9H2,1-3H3. The van der Waals surface area contributed by atoms with E-state index < -0.39 is 14.9 Å². The lowest BCUT2D eigenvalue weighted by Gasteiger charge is -2.16. The fourth-order valence-electron chi connectivity index (χ4n) is 3.22. The lowest BCUT2D eigenvalue weighted by atomic mass is 10.1. The summed E-state index contributed by atoms with van der Waals surface area (Å²) in [6.07, 6.45) is 1.69. The third-order valence-corrected chi connectivity index (χ3v) is 5.65. The number of nitro groups is 1. The maximum absolute atomic E-state index is 12.6. The van der Waals surface area contributed by atoms with Crippen molar-refractivity contribution in [3.05, 3.63) is 50.8 Å². The molecular formula is C16H18N4O5S. The van der Waals surface area contributed by atoms with Crippen LogP contribution < -0.4 is 4.31 Å². The van der Waals surface area contributed by atoms with Crippen molar-refractivity contribution in [2.45, 2.75) is 26.8 Å². The summed E-state index contributed by atoms with van der Waals surface area (Å²) in [4.78, 5) is 23.1. The number of aromatic nitrogens is 2. The smallest absolute Gasteiger partial charge is 0.292 e. The first-order chi connectivity index (χ1) is 12.1. The van der Waals surface area contributed by atoms with Gasteiger partial charge in [-0.1, -0.05) is 0 Å². The van der Waals surface area contributed by atoms with Gasteiger partial charge in [-0.25, -0.2) is 8.42 Å². The zero-order valence-electron chi connectivity index (χ0n) is 14.6. The van der Waals surface area contributed by atoms with Crippen LogP contribution in [0.1, 0.15) is 27.3 Å². The highest BCUT2D eigenvalue weighted by atomic mass is 32.2. The summed E-state index contributed by atoms with van der Waals surface area (Å²) in [6, 6.07) is 4.88. The number of ketones is 1. The SMILES string of the molecule is Cc1nn(CC(=O)c2ccc3c(c2)CCN3S(C)(=O)=O)c(C)c1[N+](=O)[O-]. The highest BCUT2D eigenvalue weighted by molar-refractivity contribution is 7.92. The molecule has 3 rings (SSSR count). The highest BCUT2D eigenvalue weighted by Gasteiger charge is 2.27. The normalized spacial score (nSPS) is 13.7. The van der Waals surface area contributed by atoms with Crippen LogP contribution in [-0.4, -0.2) is 41.7 Å². The number of carbonyl (C=O) groups is 1. The van der Waals surface area contributed by atoms with E-state index in [1.54, 1.807) is 25.1 Å². The largest absolute Gasteiger partial charge is 0.312 e. The molecule has 1 aromatic carbocycles. The Morgan fingerprint density at radius 3 is 2.62 bits per heavy atom. The summed E-state index contributed by atoms with van der Waals surface area (Å²) in [5.41, 5.74) is 2.31. The molecule has 0 N–H and O–H groups in total. The van der Waals surface area contributed by atoms with Gasteiger partial charge in [-0.3, -0.25) is 23.9 Å². The molecule has 26 heavy (non-hydrogen) atoms. The minimum absolute atomic E-state index is 0.0875. The van der Waals surface area contributed by atoms with Crippen LogP contribution >= 0.6 is 0 Å². The minimum atomic E-state index is -3.34. The van der Waals surface area contributed by atoms with Crippen LogP contribution in [-0.2, 0) is 23.0 Å². The van der Waals surface area contributed by atoms with E-state index in [-0.39, 0.29) is 23.7 Å². The number of hydrogen-bond donors (Lipinski definition) is 0. The van der Waals surface area contributed by atoms with Gasteiger partial charge in [0, 0.05) is 12.1 Å². The molecule has 0 saturated carbocycles. The third kappa shape index (κ3) is 3.07. The molecule has 0 radical (unpaired) electrons. The van der Waals surface area contributed by atoms with Crippen LogP contribution in [0, 0.1) is 24.0 Å². The van der Waals surface area contributed by atoms with Gasteiger partial charge in [0.15, 0.2) is 5.78 Å². The van der Waals surface area contributed by atoms with Gasteiger partial charge >= 0.3 is 5.69 Å². The van der Waals surface area contributed by atoms with E-state index >= 15 is 0 Å². The first-order valence-electron chi connectivity index (χ1n) is 7.92. The van der Waals surface area contributed by atoms with E-state index in [0.717, 1.165) is 11.8 Å². The number of nitrogens with zero attached hydrogens (tertiary/aromatic N) is 4. The molecule has 1 aromatic heterocycles. The number of anilines is 1. The molecule has 0 atom stereocenters. The number of aryl methyl sites for hydroxylation is 1. The Balaban J connectivity index is 1.87. The number of benzene rings is 1. The van der Waals surface area contributed by atoms with Gasteiger partial charge in [-0.15, -0.1) is 0 Å². The average molecular weight is 378 g/mol. The van der Waals surface area contributed by atoms with E-state index in [2.05, 4.69) is 5.10 Å². The van der Waals surface area contributed by atoms with E-state index in [1.165, 1.54) is 15.9 Å². The van der Waals surface area contributed by atoms with Gasteiger partial charge in [0.1, 0.15) is 17.9 Å². The maximum Gasteiger partial charge on any atom is 0.312 e. The Kier molecular flexibility index (Phi) is 4.31. The number of Topliss-reactive ketones (excluding diaryl/α,β-unsaturated/α-hetero) is 1. The van der Waals surface area contributed by atoms with Crippen molar-refractivity contribution in [2.24, 2.45) is 0 Å². The fourth-order valence-corrected chi connectivity index (χ4v) is 4.18. The number of rotatable bonds is 5. The molecule has 2 heterocycles. The molecule has 0 spiro atoms. The number of hydrogen-bond acceptors (Lipinski definition) is 6. The minimum Gasteiger partial charge on any atom is -0.292 e. The van der Waals surface area contributed by atoms with E-state index in [9.17, 15) is 23.3 Å². The van der Waals surface area contributed by atoms with Gasteiger partial charge in [0.05, 0.1) is 16.9 Å². The molecule has 0 amide bonds. The van der Waals surface area contributed by atoms with Crippen molar-refractivity contribution in [1.29, 1.82) is 0 Å². The predicted molar refractivity (Wildman–Crippen MR) is 95.0 cm³/mol. The van der Waals surface area contributed by atoms with Crippen LogP contribution in [0.25, 0.3) is 0 Å². The molecule has 0 unspecified atom stereocenters. The summed E-state index contributed by atoms with van der Waals surface area (Å²) in [5, 5.41) is 15.1. The first-order valence-corrected chi connectivity index (χ1v) is 9.76. The van der Waals surface area contributed by atoms with Gasteiger partial charge in [0.2, 0.25) is 10.0 Å². The number of carbonyl (C=O) groups excluding carboxylic acids is 1. The molecule has 0 aliphatic carbocycles. The van der Waals surface area contributed by atoms with E-state index in [0.29, 0.717) is 29.9 Å². The summed E-state index contributed by atoms with van der Waals surface area (Å²) < 4.78 is 26.2. The molecule has 1 aliphatic rings. The average Bonchev–Trinajstić information content (AvgIpc) is 3.07. The topological polar surface area (TPSA) is 115 Å². The summed E-state index contributed by atoms with van der Waals surface area (Å²) in [6.45, 7) is 3.32. The second-order valence-corrected chi connectivity index (χ2v) is 8.19. The zero-order chi connectivity index (χ0) is 19.2. The Morgan fingerprint density at radius 1 is 1.35 bits per heavy atom. The lowest BCUT2D eigenvalue weighted by molar-refractivity contribution is -0.386. The maximum atomic E-state index is 12.6. The Morgan fingerprint density at radius 2 is 2.04 bits per heavy atom. The molecule has 138 valence electrons. The lowest BCUT2D eigenvalue weighted by Crippen LogP contribution is -2.27. The van der Waals surface area contributed by atoms with E-state index in [1.807, 2.05) is 0 Å². The summed E-state index contributed by atoms with van der Waals surface area (Å²) in [5.74, 6) is -0.244. The Labute approximate surface area is 150 Å².